The van der Waals surface area contributed by atoms with Crippen LogP contribution in [0.2, 0.25) is 10.0 Å². The van der Waals surface area contributed by atoms with Crippen LogP contribution in [0.3, 0.4) is 0 Å². The van der Waals surface area contributed by atoms with E-state index in [1.54, 1.807) is 0 Å². The topological polar surface area (TPSA) is 56.9 Å². The Kier molecular flexibility index (Phi) is 5.02. The third-order valence-corrected chi connectivity index (χ3v) is 5.79. The van der Waals surface area contributed by atoms with E-state index in [1.165, 1.54) is 0 Å². The number of hydrogen-bond acceptors (Lipinski definition) is 3. The first-order valence-corrected chi connectivity index (χ1v) is 10.5. The number of halogens is 2. The van der Waals surface area contributed by atoms with Gasteiger partial charge in [0, 0.05) is 22.1 Å². The average molecular weight is 446 g/mol. The van der Waals surface area contributed by atoms with Crippen molar-refractivity contribution in [2.45, 2.75) is 0 Å². The van der Waals surface area contributed by atoms with Crippen molar-refractivity contribution in [1.82, 2.24) is 4.98 Å². The first kappa shape index (κ1) is 19.5. The van der Waals surface area contributed by atoms with Gasteiger partial charge in [0.05, 0.1) is 26.9 Å². The fourth-order valence-electron chi connectivity index (χ4n) is 3.63. The number of fused-ring (bicyclic) bond motifs is 3. The molecule has 5 aromatic rings. The number of benzene rings is 4. The molecule has 1 heterocycles. The summed E-state index contributed by atoms with van der Waals surface area (Å²) in [6.45, 7) is 0. The smallest absolute Gasteiger partial charge is 0.256 e. The van der Waals surface area contributed by atoms with Gasteiger partial charge in [0.2, 0.25) is 0 Å². The van der Waals surface area contributed by atoms with Gasteiger partial charge in [-0.15, -0.1) is 0 Å². The summed E-state index contributed by atoms with van der Waals surface area (Å²) in [5, 5.41) is 10.3. The van der Waals surface area contributed by atoms with Crippen LogP contribution < -0.4 is 16.2 Å². The van der Waals surface area contributed by atoms with Gasteiger partial charge in [-0.3, -0.25) is 4.79 Å². The highest BCUT2D eigenvalue weighted by atomic mass is 35.5. The van der Waals surface area contributed by atoms with Crippen molar-refractivity contribution in [3.8, 4) is 0 Å². The Morgan fingerprint density at radius 1 is 0.613 bits per heavy atom. The van der Waals surface area contributed by atoms with Crippen molar-refractivity contribution in [1.29, 1.82) is 0 Å². The molecule has 6 heteroatoms. The van der Waals surface area contributed by atoms with Crippen molar-refractivity contribution in [3.05, 3.63) is 105 Å². The van der Waals surface area contributed by atoms with Crippen molar-refractivity contribution < 1.29 is 0 Å². The lowest BCUT2D eigenvalue weighted by Crippen LogP contribution is -2.07. The molecule has 3 N–H and O–H groups in total. The van der Waals surface area contributed by atoms with E-state index in [-0.39, 0.29) is 5.56 Å². The number of rotatable bonds is 4. The second-order valence-corrected chi connectivity index (χ2v) is 8.00. The monoisotopic (exact) mass is 445 g/mol. The van der Waals surface area contributed by atoms with Crippen molar-refractivity contribution in [3.63, 3.8) is 0 Å². The minimum absolute atomic E-state index is 0.153. The van der Waals surface area contributed by atoms with E-state index in [2.05, 4.69) is 15.6 Å². The summed E-state index contributed by atoms with van der Waals surface area (Å²) in [5.41, 5.74) is 3.83. The molecule has 0 aliphatic carbocycles. The number of pyridine rings is 1. The first-order chi connectivity index (χ1) is 15.1. The molecular weight excluding hydrogens is 429 g/mol. The molecule has 0 saturated heterocycles. The number of H-pyrrole nitrogens is 1. The van der Waals surface area contributed by atoms with Crippen molar-refractivity contribution in [2.75, 3.05) is 10.6 Å². The van der Waals surface area contributed by atoms with Gasteiger partial charge in [0.15, 0.2) is 0 Å². The number of aromatic amines is 1. The Bertz CT molecular complexity index is 1490. The van der Waals surface area contributed by atoms with E-state index < -0.39 is 0 Å². The lowest BCUT2D eigenvalue weighted by Gasteiger charge is -2.12. The maximum absolute atomic E-state index is 12.8. The number of para-hydroxylation sites is 2. The summed E-state index contributed by atoms with van der Waals surface area (Å²) >= 11 is 12.5. The highest BCUT2D eigenvalue weighted by Crippen LogP contribution is 2.31. The minimum Gasteiger partial charge on any atom is -0.354 e. The van der Waals surface area contributed by atoms with E-state index in [0.717, 1.165) is 39.0 Å². The lowest BCUT2D eigenvalue weighted by atomic mass is 10.1. The minimum atomic E-state index is -0.153. The van der Waals surface area contributed by atoms with Gasteiger partial charge >= 0.3 is 0 Å². The largest absolute Gasteiger partial charge is 0.354 e. The van der Waals surface area contributed by atoms with E-state index in [4.69, 9.17) is 23.2 Å². The second-order valence-electron chi connectivity index (χ2n) is 7.18. The molecular formula is C25H17Cl2N3O. The van der Waals surface area contributed by atoms with Crippen LogP contribution in [0.1, 0.15) is 0 Å². The zero-order valence-electron chi connectivity index (χ0n) is 16.2. The molecule has 0 aliphatic heterocycles. The zero-order valence-corrected chi connectivity index (χ0v) is 17.8. The standard InChI is InChI=1S/C25H17Cl2N3O/c26-20-5-1-3-7-22(20)28-15-9-11-17-18-12-10-16(29-23-8-4-2-6-21(23)27)14-24(18)30-25(31)19(17)13-15/h1-14,28-29H,(H,30,31). The normalized spacial score (nSPS) is 11.0. The van der Waals surface area contributed by atoms with Crippen LogP contribution in [0, 0.1) is 0 Å². The highest BCUT2D eigenvalue weighted by Gasteiger charge is 2.09. The van der Waals surface area contributed by atoms with Crippen LogP contribution in [-0.4, -0.2) is 4.98 Å². The third-order valence-electron chi connectivity index (χ3n) is 5.13. The molecule has 0 fully saturated rings. The Hall–Kier alpha value is -3.47. The maximum atomic E-state index is 12.8. The SMILES string of the molecule is O=c1[nH]c2cc(Nc3ccccc3Cl)ccc2c2ccc(Nc3ccccc3Cl)cc12. The number of nitrogens with one attached hydrogen (secondary N) is 3. The van der Waals surface area contributed by atoms with E-state index in [1.807, 2.05) is 84.9 Å². The molecule has 4 nitrogen and oxygen atoms in total. The number of hydrogen-bond donors (Lipinski definition) is 3. The summed E-state index contributed by atoms with van der Waals surface area (Å²) in [6, 6.07) is 26.6. The lowest BCUT2D eigenvalue weighted by molar-refractivity contribution is 1.34. The fourth-order valence-corrected chi connectivity index (χ4v) is 4.00. The molecule has 0 atom stereocenters. The summed E-state index contributed by atoms with van der Waals surface area (Å²) in [4.78, 5) is 15.8. The quantitative estimate of drug-likeness (QED) is 0.251. The van der Waals surface area contributed by atoms with Crippen molar-refractivity contribution in [2.24, 2.45) is 0 Å². The number of anilines is 4. The van der Waals surface area contributed by atoms with Gasteiger partial charge in [0.1, 0.15) is 0 Å². The van der Waals surface area contributed by atoms with Gasteiger partial charge < -0.3 is 15.6 Å². The molecule has 0 saturated carbocycles. The molecule has 0 aliphatic rings. The molecule has 0 amide bonds. The zero-order chi connectivity index (χ0) is 21.4. The van der Waals surface area contributed by atoms with Crippen LogP contribution in [0.25, 0.3) is 21.7 Å². The van der Waals surface area contributed by atoms with Crippen LogP contribution in [0.4, 0.5) is 22.7 Å². The average Bonchev–Trinajstić information content (AvgIpc) is 2.77. The molecule has 1 aromatic heterocycles. The Labute approximate surface area is 188 Å². The van der Waals surface area contributed by atoms with E-state index in [0.29, 0.717) is 15.4 Å². The predicted octanol–water partition coefficient (Wildman–Crippen LogP) is 7.48. The van der Waals surface area contributed by atoms with Gasteiger partial charge in [-0.1, -0.05) is 59.6 Å². The van der Waals surface area contributed by atoms with Crippen molar-refractivity contribution >= 4 is 67.6 Å². The van der Waals surface area contributed by atoms with E-state index >= 15 is 0 Å². The van der Waals surface area contributed by atoms with Gasteiger partial charge in [-0.2, -0.15) is 0 Å². The van der Waals surface area contributed by atoms with E-state index in [9.17, 15) is 4.79 Å². The van der Waals surface area contributed by atoms with Crippen LogP contribution in [0.5, 0.6) is 0 Å². The molecule has 0 bridgehead atoms. The van der Waals surface area contributed by atoms with Gasteiger partial charge in [0.25, 0.3) is 5.56 Å². The summed E-state index contributed by atoms with van der Waals surface area (Å²) in [5.74, 6) is 0. The maximum Gasteiger partial charge on any atom is 0.256 e. The fraction of sp³-hybridized carbons (Fsp3) is 0. The highest BCUT2D eigenvalue weighted by molar-refractivity contribution is 6.33. The number of aromatic nitrogens is 1. The molecule has 0 spiro atoms. The predicted molar refractivity (Wildman–Crippen MR) is 132 cm³/mol. The van der Waals surface area contributed by atoms with Gasteiger partial charge in [-0.25, -0.2) is 0 Å². The second kappa shape index (κ2) is 7.99. The summed E-state index contributed by atoms with van der Waals surface area (Å²) in [7, 11) is 0. The molecule has 5 rings (SSSR count). The van der Waals surface area contributed by atoms with Crippen LogP contribution in [0.15, 0.2) is 89.7 Å². The molecule has 0 radical (unpaired) electrons. The van der Waals surface area contributed by atoms with Gasteiger partial charge in [-0.05, 0) is 53.9 Å². The molecule has 4 aromatic carbocycles. The Balaban J connectivity index is 1.54. The first-order valence-electron chi connectivity index (χ1n) is 9.71. The summed E-state index contributed by atoms with van der Waals surface area (Å²) in [6.07, 6.45) is 0. The molecule has 152 valence electrons. The Morgan fingerprint density at radius 3 is 1.77 bits per heavy atom. The summed E-state index contributed by atoms with van der Waals surface area (Å²) < 4.78 is 0. The van der Waals surface area contributed by atoms with Crippen LogP contribution in [-0.2, 0) is 0 Å². The third kappa shape index (κ3) is 3.83. The molecule has 31 heavy (non-hydrogen) atoms. The van der Waals surface area contributed by atoms with Crippen LogP contribution >= 0.6 is 23.2 Å². The Morgan fingerprint density at radius 2 is 1.16 bits per heavy atom. The molecule has 0 unspecified atom stereocenters.